The highest BCUT2D eigenvalue weighted by atomic mass is 19.4. The number of halogens is 3. The molecule has 0 saturated carbocycles. The zero-order chi connectivity index (χ0) is 25.4. The van der Waals surface area contributed by atoms with Gasteiger partial charge >= 0.3 is 11.9 Å². The molecule has 36 heavy (non-hydrogen) atoms. The third-order valence-corrected chi connectivity index (χ3v) is 6.69. The topological polar surface area (TPSA) is 104 Å². The summed E-state index contributed by atoms with van der Waals surface area (Å²) >= 11 is 0. The lowest BCUT2D eigenvalue weighted by atomic mass is 10.0. The van der Waals surface area contributed by atoms with Gasteiger partial charge in [0.05, 0.1) is 27.5 Å². The number of aromatic amines is 2. The fourth-order valence-electron chi connectivity index (χ4n) is 4.86. The zero-order valence-corrected chi connectivity index (χ0v) is 19.3. The molecular weight excluding hydrogens is 475 g/mol. The number of rotatable bonds is 5. The van der Waals surface area contributed by atoms with Gasteiger partial charge in [-0.05, 0) is 49.6 Å². The molecule has 0 atom stereocenters. The van der Waals surface area contributed by atoms with Gasteiger partial charge in [-0.1, -0.05) is 12.1 Å². The number of para-hydroxylation sites is 1. The van der Waals surface area contributed by atoms with Gasteiger partial charge in [-0.2, -0.15) is 13.2 Å². The van der Waals surface area contributed by atoms with E-state index in [2.05, 4.69) is 15.0 Å². The van der Waals surface area contributed by atoms with E-state index in [-0.39, 0.29) is 23.0 Å². The number of carbonyl (C=O) groups is 1. The highest BCUT2D eigenvalue weighted by Crippen LogP contribution is 2.32. The predicted molar refractivity (Wildman–Crippen MR) is 128 cm³/mol. The molecule has 8 nitrogen and oxygen atoms in total. The number of hydrogen-bond donors (Lipinski definition) is 2. The molecule has 2 N–H and O–H groups in total. The average molecular weight is 499 g/mol. The molecule has 1 fully saturated rings. The summed E-state index contributed by atoms with van der Waals surface area (Å²) in [6.45, 7) is 0.905. The van der Waals surface area contributed by atoms with Crippen molar-refractivity contribution in [3.05, 3.63) is 74.7 Å². The molecule has 2 aromatic heterocycles. The van der Waals surface area contributed by atoms with Crippen LogP contribution < -0.4 is 11.2 Å². The molecule has 188 valence electrons. The number of hydrogen-bond acceptors (Lipinski definition) is 4. The number of fused-ring (bicyclic) bond motifs is 2. The van der Waals surface area contributed by atoms with E-state index < -0.39 is 17.4 Å². The number of piperidine rings is 1. The second-order valence-corrected chi connectivity index (χ2v) is 9.03. The van der Waals surface area contributed by atoms with Crippen LogP contribution in [0.15, 0.2) is 52.1 Å². The van der Waals surface area contributed by atoms with Crippen LogP contribution in [0.4, 0.5) is 13.2 Å². The van der Waals surface area contributed by atoms with Crippen LogP contribution in [0.3, 0.4) is 0 Å². The van der Waals surface area contributed by atoms with Crippen molar-refractivity contribution in [1.29, 1.82) is 0 Å². The molecule has 1 saturated heterocycles. The maximum absolute atomic E-state index is 13.0. The molecule has 3 heterocycles. The number of amides is 1. The maximum atomic E-state index is 13.0. The van der Waals surface area contributed by atoms with Crippen molar-refractivity contribution >= 4 is 27.8 Å². The number of nitrogens with one attached hydrogen (secondary N) is 2. The first-order chi connectivity index (χ1) is 17.2. The Hall–Kier alpha value is -3.89. The van der Waals surface area contributed by atoms with Crippen molar-refractivity contribution in [2.45, 2.75) is 44.3 Å². The van der Waals surface area contributed by atoms with Gasteiger partial charge < -0.3 is 14.9 Å². The van der Waals surface area contributed by atoms with Gasteiger partial charge in [0.2, 0.25) is 5.91 Å². The summed E-state index contributed by atoms with van der Waals surface area (Å²) < 4.78 is 40.5. The quantitative estimate of drug-likeness (QED) is 0.436. The standard InChI is InChI=1S/C25H24F3N5O3/c26-25(27,28)15-8-9-20-19(14-15)30-24(36)33(20)16-10-12-32(13-11-16)22(34)7-3-6-21-29-18-5-2-1-4-17(18)23(35)31-21/h1-2,4-5,8-9,14,16H,3,6-7,10-13H2,(H,30,36)(H,29,31,35). The van der Waals surface area contributed by atoms with Gasteiger partial charge in [-0.15, -0.1) is 0 Å². The fraction of sp³-hybridized carbons (Fsp3) is 0.360. The molecule has 0 aliphatic carbocycles. The van der Waals surface area contributed by atoms with Gasteiger partial charge in [-0.3, -0.25) is 14.2 Å². The van der Waals surface area contributed by atoms with Crippen LogP contribution in [0, 0.1) is 0 Å². The monoisotopic (exact) mass is 499 g/mol. The summed E-state index contributed by atoms with van der Waals surface area (Å²) in [6.07, 6.45) is -2.14. The van der Waals surface area contributed by atoms with Crippen LogP contribution in [-0.2, 0) is 17.4 Å². The first kappa shape index (κ1) is 23.8. The van der Waals surface area contributed by atoms with Crippen LogP contribution in [0.5, 0.6) is 0 Å². The number of aryl methyl sites for hydroxylation is 1. The van der Waals surface area contributed by atoms with Crippen molar-refractivity contribution in [2.75, 3.05) is 13.1 Å². The Morgan fingerprint density at radius 3 is 2.56 bits per heavy atom. The van der Waals surface area contributed by atoms with Crippen molar-refractivity contribution in [3.63, 3.8) is 0 Å². The normalized spacial score (nSPS) is 15.1. The molecule has 5 rings (SSSR count). The van der Waals surface area contributed by atoms with Crippen molar-refractivity contribution < 1.29 is 18.0 Å². The number of alkyl halides is 3. The number of imidazole rings is 1. The Kier molecular flexibility index (Phi) is 6.15. The molecule has 11 heteroatoms. The van der Waals surface area contributed by atoms with Crippen molar-refractivity contribution in [3.8, 4) is 0 Å². The first-order valence-corrected chi connectivity index (χ1v) is 11.8. The Morgan fingerprint density at radius 1 is 1.06 bits per heavy atom. The minimum atomic E-state index is -4.49. The maximum Gasteiger partial charge on any atom is 0.416 e. The molecule has 1 aliphatic rings. The van der Waals surface area contributed by atoms with Gasteiger partial charge in [0.15, 0.2) is 0 Å². The molecule has 0 spiro atoms. The molecule has 0 bridgehead atoms. The van der Waals surface area contributed by atoms with E-state index in [4.69, 9.17) is 0 Å². The van der Waals surface area contributed by atoms with Gasteiger partial charge in [0, 0.05) is 32.0 Å². The second-order valence-electron chi connectivity index (χ2n) is 9.03. The summed E-state index contributed by atoms with van der Waals surface area (Å²) in [5, 5.41) is 0.523. The summed E-state index contributed by atoms with van der Waals surface area (Å²) in [6, 6.07) is 10.1. The van der Waals surface area contributed by atoms with Crippen LogP contribution in [0.2, 0.25) is 0 Å². The van der Waals surface area contributed by atoms with E-state index >= 15 is 0 Å². The van der Waals surface area contributed by atoms with E-state index in [1.54, 1.807) is 23.1 Å². The van der Waals surface area contributed by atoms with Crippen LogP contribution >= 0.6 is 0 Å². The smallest absolute Gasteiger partial charge is 0.343 e. The Bertz CT molecular complexity index is 1540. The minimum Gasteiger partial charge on any atom is -0.343 e. The molecule has 0 unspecified atom stereocenters. The van der Waals surface area contributed by atoms with E-state index in [9.17, 15) is 27.6 Å². The third kappa shape index (κ3) is 4.65. The largest absolute Gasteiger partial charge is 0.416 e. The van der Waals surface area contributed by atoms with Crippen LogP contribution in [-0.4, -0.2) is 43.4 Å². The van der Waals surface area contributed by atoms with E-state index in [1.165, 1.54) is 10.6 Å². The Balaban J connectivity index is 1.19. The summed E-state index contributed by atoms with van der Waals surface area (Å²) in [5.74, 6) is 0.523. The molecule has 2 aromatic carbocycles. The second kappa shape index (κ2) is 9.29. The molecule has 4 aromatic rings. The predicted octanol–water partition coefficient (Wildman–Crippen LogP) is 3.77. The number of aromatic nitrogens is 4. The number of H-pyrrole nitrogens is 2. The lowest BCUT2D eigenvalue weighted by Gasteiger charge is -2.32. The lowest BCUT2D eigenvalue weighted by molar-refractivity contribution is -0.137. The van der Waals surface area contributed by atoms with Gasteiger partial charge in [0.1, 0.15) is 5.82 Å². The van der Waals surface area contributed by atoms with Gasteiger partial charge in [0.25, 0.3) is 5.56 Å². The van der Waals surface area contributed by atoms with Gasteiger partial charge in [-0.25, -0.2) is 9.78 Å². The van der Waals surface area contributed by atoms with Crippen molar-refractivity contribution in [2.24, 2.45) is 0 Å². The summed E-state index contributed by atoms with van der Waals surface area (Å²) in [5.41, 5.74) is -0.279. The van der Waals surface area contributed by atoms with Crippen LogP contribution in [0.1, 0.15) is 43.1 Å². The van der Waals surface area contributed by atoms with E-state index in [1.807, 2.05) is 6.07 Å². The summed E-state index contributed by atoms with van der Waals surface area (Å²) in [7, 11) is 0. The van der Waals surface area contributed by atoms with E-state index in [0.29, 0.717) is 67.4 Å². The van der Waals surface area contributed by atoms with Crippen molar-refractivity contribution in [1.82, 2.24) is 24.4 Å². The number of carbonyl (C=O) groups excluding carboxylic acids is 1. The molecular formula is C25H24F3N5O3. The Labute approximate surface area is 202 Å². The number of likely N-dealkylation sites (tertiary alicyclic amines) is 1. The lowest BCUT2D eigenvalue weighted by Crippen LogP contribution is -2.40. The zero-order valence-electron chi connectivity index (χ0n) is 19.3. The summed E-state index contributed by atoms with van der Waals surface area (Å²) in [4.78, 5) is 48.9. The molecule has 1 aliphatic heterocycles. The third-order valence-electron chi connectivity index (χ3n) is 6.69. The fourth-order valence-corrected chi connectivity index (χ4v) is 4.86. The molecule has 1 amide bonds. The SMILES string of the molecule is O=C(CCCc1nc2ccccc2c(=O)[nH]1)N1CCC(n2c(=O)[nH]c3cc(C(F)(F)F)ccc32)CC1. The van der Waals surface area contributed by atoms with Crippen LogP contribution in [0.25, 0.3) is 21.9 Å². The Morgan fingerprint density at radius 2 is 1.81 bits per heavy atom. The number of nitrogens with zero attached hydrogens (tertiary/aromatic N) is 3. The highest BCUT2D eigenvalue weighted by molar-refractivity contribution is 5.78. The highest BCUT2D eigenvalue weighted by Gasteiger charge is 2.32. The number of benzene rings is 2. The van der Waals surface area contributed by atoms with E-state index in [0.717, 1.165) is 12.1 Å². The first-order valence-electron chi connectivity index (χ1n) is 11.8. The average Bonchev–Trinajstić information content (AvgIpc) is 3.18. The minimum absolute atomic E-state index is 0.0160. The molecule has 0 radical (unpaired) electrons.